The number of amides is 1. The molecular formula is C19H24F4N2O3S. The zero-order valence-electron chi connectivity index (χ0n) is 15.8. The highest BCUT2D eigenvalue weighted by Gasteiger charge is 2.39. The molecule has 2 fully saturated rings. The fourth-order valence-electron chi connectivity index (χ4n) is 4.04. The summed E-state index contributed by atoms with van der Waals surface area (Å²) in [5.41, 5.74) is 4.42. The van der Waals surface area contributed by atoms with Crippen LogP contribution in [0.3, 0.4) is 0 Å². The highest BCUT2D eigenvalue weighted by atomic mass is 32.2. The fourth-order valence-corrected chi connectivity index (χ4v) is 5.66. The first-order valence-electron chi connectivity index (χ1n) is 9.55. The minimum atomic E-state index is -4.84. The lowest BCUT2D eigenvalue weighted by Crippen LogP contribution is -2.55. The molecule has 1 aromatic carbocycles. The largest absolute Gasteiger partial charge is 0.416 e. The van der Waals surface area contributed by atoms with Crippen LogP contribution in [0, 0.1) is 11.7 Å². The second-order valence-corrected chi connectivity index (χ2v) is 10.3. The second kappa shape index (κ2) is 7.86. The first kappa shape index (κ1) is 22.0. The van der Waals surface area contributed by atoms with Crippen molar-refractivity contribution in [2.75, 3.05) is 18.8 Å². The van der Waals surface area contributed by atoms with Crippen molar-refractivity contribution in [3.63, 3.8) is 0 Å². The van der Waals surface area contributed by atoms with E-state index in [1.165, 1.54) is 4.90 Å². The van der Waals surface area contributed by atoms with Gasteiger partial charge in [0.1, 0.15) is 5.82 Å². The first-order valence-corrected chi connectivity index (χ1v) is 11.2. The van der Waals surface area contributed by atoms with Crippen LogP contribution in [-0.2, 0) is 20.8 Å². The van der Waals surface area contributed by atoms with Crippen LogP contribution in [0.1, 0.15) is 44.1 Å². The molecule has 0 atom stereocenters. The number of nitrogens with two attached hydrogens (primary N) is 1. The molecule has 0 unspecified atom stereocenters. The molecule has 1 aliphatic carbocycles. The van der Waals surface area contributed by atoms with Gasteiger partial charge in [0, 0.05) is 31.0 Å². The summed E-state index contributed by atoms with van der Waals surface area (Å²) < 4.78 is 76.9. The van der Waals surface area contributed by atoms with Crippen molar-refractivity contribution in [1.29, 1.82) is 0 Å². The number of hydrogen-bond acceptors (Lipinski definition) is 4. The summed E-state index contributed by atoms with van der Waals surface area (Å²) in [5.74, 6) is -2.23. The predicted octanol–water partition coefficient (Wildman–Crippen LogP) is 3.13. The Morgan fingerprint density at radius 1 is 1.14 bits per heavy atom. The maximum Gasteiger partial charge on any atom is 0.416 e. The van der Waals surface area contributed by atoms with Gasteiger partial charge in [-0.1, -0.05) is 19.3 Å². The minimum Gasteiger partial charge on any atom is -0.342 e. The summed E-state index contributed by atoms with van der Waals surface area (Å²) in [6.45, 7) is 0.408. The summed E-state index contributed by atoms with van der Waals surface area (Å²) in [5, 5.41) is 0. The standard InChI is InChI=1S/C19H24F4N2O3S/c20-15-6-14(19(21,22)23)7-16(8-15)29(27,28)12-13-10-25(11-13)17(26)9-18(24)4-2-1-3-5-18/h6-8,13H,1-5,9-12,24H2. The lowest BCUT2D eigenvalue weighted by atomic mass is 9.79. The molecule has 5 nitrogen and oxygen atoms in total. The van der Waals surface area contributed by atoms with E-state index in [1.807, 2.05) is 0 Å². The van der Waals surface area contributed by atoms with Crippen LogP contribution in [0.4, 0.5) is 17.6 Å². The molecule has 3 rings (SSSR count). The number of rotatable bonds is 5. The Kier molecular flexibility index (Phi) is 5.97. The van der Waals surface area contributed by atoms with Crippen molar-refractivity contribution in [2.45, 2.75) is 55.1 Å². The van der Waals surface area contributed by atoms with E-state index in [0.29, 0.717) is 12.1 Å². The molecule has 0 radical (unpaired) electrons. The number of carbonyl (C=O) groups excluding carboxylic acids is 1. The number of carbonyl (C=O) groups is 1. The molecule has 1 amide bonds. The number of alkyl halides is 3. The molecule has 2 aliphatic rings. The summed E-state index contributed by atoms with van der Waals surface area (Å²) in [4.78, 5) is 13.2. The van der Waals surface area contributed by atoms with Crippen molar-refractivity contribution < 1.29 is 30.8 Å². The Balaban J connectivity index is 1.59. The van der Waals surface area contributed by atoms with Gasteiger partial charge in [0.2, 0.25) is 5.91 Å². The van der Waals surface area contributed by atoms with Gasteiger partial charge in [0.05, 0.1) is 16.2 Å². The number of nitrogens with zero attached hydrogens (tertiary/aromatic N) is 1. The van der Waals surface area contributed by atoms with Crippen LogP contribution in [0.15, 0.2) is 23.1 Å². The van der Waals surface area contributed by atoms with Crippen LogP contribution < -0.4 is 5.73 Å². The molecule has 1 saturated carbocycles. The number of sulfone groups is 1. The zero-order valence-corrected chi connectivity index (χ0v) is 16.7. The topological polar surface area (TPSA) is 80.5 Å². The summed E-state index contributed by atoms with van der Waals surface area (Å²) >= 11 is 0. The molecule has 29 heavy (non-hydrogen) atoms. The van der Waals surface area contributed by atoms with Crippen LogP contribution in [0.2, 0.25) is 0 Å². The Bertz CT molecular complexity index is 874. The molecular weight excluding hydrogens is 412 g/mol. The fraction of sp³-hybridized carbons (Fsp3) is 0.632. The van der Waals surface area contributed by atoms with Gasteiger partial charge in [-0.3, -0.25) is 4.79 Å². The number of benzene rings is 1. The van der Waals surface area contributed by atoms with Crippen LogP contribution in [-0.4, -0.2) is 43.6 Å². The Morgan fingerprint density at radius 2 is 1.76 bits per heavy atom. The van der Waals surface area contributed by atoms with E-state index < -0.39 is 49.5 Å². The number of hydrogen-bond donors (Lipinski definition) is 1. The molecule has 1 saturated heterocycles. The average molecular weight is 436 g/mol. The van der Waals surface area contributed by atoms with E-state index in [4.69, 9.17) is 5.73 Å². The molecule has 1 aliphatic heterocycles. The van der Waals surface area contributed by atoms with Crippen LogP contribution in [0.5, 0.6) is 0 Å². The molecule has 0 bridgehead atoms. The van der Waals surface area contributed by atoms with Crippen molar-refractivity contribution >= 4 is 15.7 Å². The van der Waals surface area contributed by atoms with Gasteiger partial charge >= 0.3 is 6.18 Å². The van der Waals surface area contributed by atoms with Crippen molar-refractivity contribution in [2.24, 2.45) is 11.7 Å². The quantitative estimate of drug-likeness (QED) is 0.720. The summed E-state index contributed by atoms with van der Waals surface area (Å²) in [6.07, 6.45) is 0.00891. The van der Waals surface area contributed by atoms with Gasteiger partial charge in [-0.25, -0.2) is 12.8 Å². The van der Waals surface area contributed by atoms with E-state index in [1.54, 1.807) is 0 Å². The van der Waals surface area contributed by atoms with Crippen molar-refractivity contribution in [3.05, 3.63) is 29.6 Å². The van der Waals surface area contributed by atoms with Gasteiger partial charge in [-0.05, 0) is 31.0 Å². The second-order valence-electron chi connectivity index (χ2n) is 8.22. The van der Waals surface area contributed by atoms with Crippen molar-refractivity contribution in [1.82, 2.24) is 4.90 Å². The lowest BCUT2D eigenvalue weighted by Gasteiger charge is -2.42. The predicted molar refractivity (Wildman–Crippen MR) is 98.1 cm³/mol. The van der Waals surface area contributed by atoms with E-state index in [-0.39, 0.29) is 31.5 Å². The third-order valence-electron chi connectivity index (χ3n) is 5.68. The van der Waals surface area contributed by atoms with Gasteiger partial charge in [-0.2, -0.15) is 13.2 Å². The SMILES string of the molecule is NC1(CC(=O)N2CC(CS(=O)(=O)c3cc(F)cc(C(F)(F)F)c3)C2)CCCCC1. The Morgan fingerprint density at radius 3 is 2.34 bits per heavy atom. The van der Waals surface area contributed by atoms with E-state index in [0.717, 1.165) is 32.1 Å². The Hall–Kier alpha value is -1.68. The summed E-state index contributed by atoms with van der Waals surface area (Å²) in [7, 11) is -4.12. The zero-order chi connectivity index (χ0) is 21.4. The molecule has 162 valence electrons. The summed E-state index contributed by atoms with van der Waals surface area (Å²) in [6, 6.07) is 1.30. The number of likely N-dealkylation sites (tertiary alicyclic amines) is 1. The van der Waals surface area contributed by atoms with Crippen LogP contribution in [0.25, 0.3) is 0 Å². The lowest BCUT2D eigenvalue weighted by molar-refractivity contribution is -0.139. The maximum atomic E-state index is 13.5. The third-order valence-corrected chi connectivity index (χ3v) is 7.54. The van der Waals surface area contributed by atoms with E-state index >= 15 is 0 Å². The molecule has 1 heterocycles. The molecule has 0 spiro atoms. The normalized spacial score (nSPS) is 20.4. The Labute approximate surface area is 167 Å². The van der Waals surface area contributed by atoms with E-state index in [2.05, 4.69) is 0 Å². The van der Waals surface area contributed by atoms with Gasteiger partial charge in [0.15, 0.2) is 9.84 Å². The maximum absolute atomic E-state index is 13.5. The molecule has 10 heteroatoms. The van der Waals surface area contributed by atoms with Gasteiger partial charge in [-0.15, -0.1) is 0 Å². The van der Waals surface area contributed by atoms with Crippen LogP contribution >= 0.6 is 0 Å². The first-order chi connectivity index (χ1) is 13.4. The van der Waals surface area contributed by atoms with Crippen molar-refractivity contribution in [3.8, 4) is 0 Å². The highest BCUT2D eigenvalue weighted by molar-refractivity contribution is 7.91. The molecule has 0 aromatic heterocycles. The third kappa shape index (κ3) is 5.28. The van der Waals surface area contributed by atoms with Gasteiger partial charge < -0.3 is 10.6 Å². The average Bonchev–Trinajstić information content (AvgIpc) is 2.56. The monoisotopic (exact) mass is 436 g/mol. The minimum absolute atomic E-state index is 0.131. The van der Waals surface area contributed by atoms with E-state index in [9.17, 15) is 30.8 Å². The molecule has 2 N–H and O–H groups in total. The highest BCUT2D eigenvalue weighted by Crippen LogP contribution is 2.33. The molecule has 1 aromatic rings. The smallest absolute Gasteiger partial charge is 0.342 e. The van der Waals surface area contributed by atoms with Gasteiger partial charge in [0.25, 0.3) is 0 Å². The number of halogens is 4.